The van der Waals surface area contributed by atoms with Crippen LogP contribution in [0.2, 0.25) is 0 Å². The zero-order valence-electron chi connectivity index (χ0n) is 12.7. The van der Waals surface area contributed by atoms with Gasteiger partial charge in [0.1, 0.15) is 0 Å². The van der Waals surface area contributed by atoms with Crippen molar-refractivity contribution in [2.45, 2.75) is 45.3 Å². The fraction of sp³-hybridized carbons (Fsp3) is 1.00. The number of rotatable bonds is 8. The molecule has 1 rings (SSSR count). The minimum atomic E-state index is -4.07. The Bertz CT molecular complexity index is 251. The standard InChI is InChI=1S/C14H28F3N3/c1-3-6-18-7-4-5-13(2)20-10-8-19(9-11-20)12-14(15,16)17/h13,18H,3-12H2,1-2H3. The number of hydrogen-bond donors (Lipinski definition) is 1. The van der Waals surface area contributed by atoms with E-state index in [2.05, 4.69) is 24.1 Å². The molecule has 1 aliphatic heterocycles. The average Bonchev–Trinajstić information content (AvgIpc) is 2.37. The molecule has 1 aliphatic rings. The molecule has 3 nitrogen and oxygen atoms in total. The first kappa shape index (κ1) is 17.7. The minimum Gasteiger partial charge on any atom is -0.317 e. The van der Waals surface area contributed by atoms with E-state index in [0.29, 0.717) is 19.1 Å². The first-order valence-corrected chi connectivity index (χ1v) is 7.66. The van der Waals surface area contributed by atoms with Crippen molar-refractivity contribution < 1.29 is 13.2 Å². The van der Waals surface area contributed by atoms with Crippen LogP contribution in [0.25, 0.3) is 0 Å². The van der Waals surface area contributed by atoms with Crippen molar-refractivity contribution in [3.63, 3.8) is 0 Å². The zero-order chi connectivity index (χ0) is 15.0. The Kier molecular flexibility index (Phi) is 7.84. The summed E-state index contributed by atoms with van der Waals surface area (Å²) >= 11 is 0. The second-order valence-electron chi connectivity index (χ2n) is 5.67. The summed E-state index contributed by atoms with van der Waals surface area (Å²) < 4.78 is 36.9. The third kappa shape index (κ3) is 7.45. The van der Waals surface area contributed by atoms with E-state index in [1.807, 2.05) is 0 Å². The Morgan fingerprint density at radius 1 is 1.10 bits per heavy atom. The molecule has 0 aliphatic carbocycles. The number of hydrogen-bond acceptors (Lipinski definition) is 3. The molecular formula is C14H28F3N3. The average molecular weight is 295 g/mol. The van der Waals surface area contributed by atoms with Crippen LogP contribution in [-0.4, -0.2) is 67.8 Å². The lowest BCUT2D eigenvalue weighted by Crippen LogP contribution is -2.51. The molecule has 0 aromatic carbocycles. The molecule has 0 saturated carbocycles. The van der Waals surface area contributed by atoms with E-state index in [0.717, 1.165) is 45.4 Å². The van der Waals surface area contributed by atoms with Crippen LogP contribution >= 0.6 is 0 Å². The van der Waals surface area contributed by atoms with Gasteiger partial charge in [-0.25, -0.2) is 0 Å². The molecule has 0 radical (unpaired) electrons. The third-order valence-corrected chi connectivity index (χ3v) is 3.84. The molecule has 1 unspecified atom stereocenters. The van der Waals surface area contributed by atoms with Crippen LogP contribution in [0.3, 0.4) is 0 Å². The second-order valence-corrected chi connectivity index (χ2v) is 5.67. The first-order chi connectivity index (χ1) is 9.42. The van der Waals surface area contributed by atoms with E-state index in [1.165, 1.54) is 4.90 Å². The van der Waals surface area contributed by atoms with Gasteiger partial charge in [0.05, 0.1) is 6.54 Å². The van der Waals surface area contributed by atoms with Gasteiger partial charge >= 0.3 is 6.18 Å². The summed E-state index contributed by atoms with van der Waals surface area (Å²) in [6.45, 7) is 8.21. The highest BCUT2D eigenvalue weighted by atomic mass is 19.4. The van der Waals surface area contributed by atoms with Crippen molar-refractivity contribution in [2.75, 3.05) is 45.8 Å². The zero-order valence-corrected chi connectivity index (χ0v) is 12.7. The van der Waals surface area contributed by atoms with E-state index >= 15 is 0 Å². The summed E-state index contributed by atoms with van der Waals surface area (Å²) in [5.74, 6) is 0. The van der Waals surface area contributed by atoms with Crippen LogP contribution in [0.5, 0.6) is 0 Å². The fourth-order valence-electron chi connectivity index (χ4n) is 2.62. The molecule has 0 spiro atoms. The van der Waals surface area contributed by atoms with Gasteiger partial charge in [0.25, 0.3) is 0 Å². The number of alkyl halides is 3. The van der Waals surface area contributed by atoms with Crippen LogP contribution in [0.4, 0.5) is 13.2 Å². The Hall–Kier alpha value is -0.330. The number of nitrogens with one attached hydrogen (secondary N) is 1. The fourth-order valence-corrected chi connectivity index (χ4v) is 2.62. The van der Waals surface area contributed by atoms with Gasteiger partial charge in [-0.3, -0.25) is 9.80 Å². The third-order valence-electron chi connectivity index (χ3n) is 3.84. The van der Waals surface area contributed by atoms with Crippen molar-refractivity contribution in [2.24, 2.45) is 0 Å². The maximum absolute atomic E-state index is 12.3. The van der Waals surface area contributed by atoms with Crippen molar-refractivity contribution in [1.82, 2.24) is 15.1 Å². The molecule has 1 heterocycles. The van der Waals surface area contributed by atoms with Crippen molar-refractivity contribution in [3.8, 4) is 0 Å². The summed E-state index contributed by atoms with van der Waals surface area (Å²) in [4.78, 5) is 3.82. The molecule has 0 aromatic heterocycles. The first-order valence-electron chi connectivity index (χ1n) is 7.66. The van der Waals surface area contributed by atoms with Crippen LogP contribution in [0, 0.1) is 0 Å². The topological polar surface area (TPSA) is 18.5 Å². The second kappa shape index (κ2) is 8.85. The summed E-state index contributed by atoms with van der Waals surface area (Å²) in [6, 6.07) is 0.464. The maximum Gasteiger partial charge on any atom is 0.401 e. The molecular weight excluding hydrogens is 267 g/mol. The Morgan fingerprint density at radius 3 is 2.30 bits per heavy atom. The lowest BCUT2D eigenvalue weighted by Gasteiger charge is -2.38. The molecule has 0 amide bonds. The van der Waals surface area contributed by atoms with Crippen molar-refractivity contribution >= 4 is 0 Å². The van der Waals surface area contributed by atoms with Crippen LogP contribution in [0.1, 0.15) is 33.1 Å². The quantitative estimate of drug-likeness (QED) is 0.693. The smallest absolute Gasteiger partial charge is 0.317 e. The van der Waals surface area contributed by atoms with E-state index < -0.39 is 12.7 Å². The maximum atomic E-state index is 12.3. The molecule has 6 heteroatoms. The number of halogens is 3. The van der Waals surface area contributed by atoms with Crippen LogP contribution in [0.15, 0.2) is 0 Å². The summed E-state index contributed by atoms with van der Waals surface area (Å²) in [5, 5.41) is 3.37. The highest BCUT2D eigenvalue weighted by molar-refractivity contribution is 4.77. The molecule has 1 saturated heterocycles. The summed E-state index contributed by atoms with van der Waals surface area (Å²) in [5.41, 5.74) is 0. The highest BCUT2D eigenvalue weighted by Crippen LogP contribution is 2.18. The van der Waals surface area contributed by atoms with E-state index in [9.17, 15) is 13.2 Å². The predicted octanol–water partition coefficient (Wildman–Crippen LogP) is 2.33. The molecule has 1 fully saturated rings. The van der Waals surface area contributed by atoms with Gasteiger partial charge < -0.3 is 5.32 Å². The lowest BCUT2D eigenvalue weighted by atomic mass is 10.1. The van der Waals surface area contributed by atoms with Crippen molar-refractivity contribution in [1.29, 1.82) is 0 Å². The minimum absolute atomic E-state index is 0.464. The van der Waals surface area contributed by atoms with Gasteiger partial charge in [-0.2, -0.15) is 13.2 Å². The molecule has 120 valence electrons. The van der Waals surface area contributed by atoms with Gasteiger partial charge in [-0.05, 0) is 39.3 Å². The molecule has 20 heavy (non-hydrogen) atoms. The summed E-state index contributed by atoms with van der Waals surface area (Å²) in [6.07, 6.45) is -0.685. The van der Waals surface area contributed by atoms with Crippen LogP contribution < -0.4 is 5.32 Å². The molecule has 0 bridgehead atoms. The van der Waals surface area contributed by atoms with Gasteiger partial charge in [0.2, 0.25) is 0 Å². The Labute approximate surface area is 120 Å². The van der Waals surface area contributed by atoms with Gasteiger partial charge in [0.15, 0.2) is 0 Å². The number of nitrogens with zero attached hydrogens (tertiary/aromatic N) is 2. The largest absolute Gasteiger partial charge is 0.401 e. The Morgan fingerprint density at radius 2 is 1.75 bits per heavy atom. The highest BCUT2D eigenvalue weighted by Gasteiger charge is 2.32. The normalized spacial score (nSPS) is 20.2. The molecule has 1 N–H and O–H groups in total. The summed E-state index contributed by atoms with van der Waals surface area (Å²) in [7, 11) is 0. The predicted molar refractivity (Wildman–Crippen MR) is 75.9 cm³/mol. The van der Waals surface area contributed by atoms with Crippen molar-refractivity contribution in [3.05, 3.63) is 0 Å². The van der Waals surface area contributed by atoms with E-state index in [4.69, 9.17) is 0 Å². The monoisotopic (exact) mass is 295 g/mol. The Balaban J connectivity index is 2.14. The van der Waals surface area contributed by atoms with E-state index in [-0.39, 0.29) is 0 Å². The van der Waals surface area contributed by atoms with E-state index in [1.54, 1.807) is 0 Å². The van der Waals surface area contributed by atoms with Gasteiger partial charge in [0, 0.05) is 32.2 Å². The molecule has 1 atom stereocenters. The number of piperazine rings is 1. The van der Waals surface area contributed by atoms with Gasteiger partial charge in [-0.1, -0.05) is 6.92 Å². The van der Waals surface area contributed by atoms with Crippen LogP contribution in [-0.2, 0) is 0 Å². The lowest BCUT2D eigenvalue weighted by molar-refractivity contribution is -0.149. The molecule has 0 aromatic rings. The SMILES string of the molecule is CCCNCCCC(C)N1CCN(CC(F)(F)F)CC1. The van der Waals surface area contributed by atoms with Gasteiger partial charge in [-0.15, -0.1) is 0 Å².